The molecule has 0 saturated carbocycles. The molecule has 0 aliphatic heterocycles. The predicted molar refractivity (Wildman–Crippen MR) is 94.5 cm³/mol. The predicted octanol–water partition coefficient (Wildman–Crippen LogP) is 3.10. The number of imidazole rings is 1. The Bertz CT molecular complexity index is 809. The summed E-state index contributed by atoms with van der Waals surface area (Å²) in [6, 6.07) is 16.2. The molecule has 3 rings (SSSR count). The summed E-state index contributed by atoms with van der Waals surface area (Å²) in [6.45, 7) is 3.36. The van der Waals surface area contributed by atoms with Crippen LogP contribution in [0.1, 0.15) is 22.3 Å². The third kappa shape index (κ3) is 4.32. The van der Waals surface area contributed by atoms with Crippen molar-refractivity contribution in [2.45, 2.75) is 26.4 Å². The lowest BCUT2D eigenvalue weighted by Crippen LogP contribution is -2.24. The molecule has 0 spiro atoms. The van der Waals surface area contributed by atoms with E-state index in [4.69, 9.17) is 0 Å². The summed E-state index contributed by atoms with van der Waals surface area (Å²) in [7, 11) is 0. The smallest absolute Gasteiger partial charge is 0.224 e. The van der Waals surface area contributed by atoms with E-state index >= 15 is 0 Å². The van der Waals surface area contributed by atoms with Gasteiger partial charge in [-0.1, -0.05) is 48.5 Å². The number of nitrogens with one attached hydrogen (secondary N) is 1. The molecule has 122 valence electrons. The van der Waals surface area contributed by atoms with Crippen LogP contribution in [-0.2, 0) is 24.3 Å². The lowest BCUT2D eigenvalue weighted by Gasteiger charge is -2.09. The molecular formula is C20H21N3O. The standard InChI is InChI=1S/C20H21N3O/c1-16-5-2-3-8-19(16)12-20(24)22-13-17-6-4-7-18(11-17)14-23-10-9-21-15-23/h2-11,15H,12-14H2,1H3,(H,22,24). The minimum atomic E-state index is 0.0457. The van der Waals surface area contributed by atoms with Gasteiger partial charge in [0.05, 0.1) is 12.7 Å². The molecule has 4 nitrogen and oxygen atoms in total. The van der Waals surface area contributed by atoms with Crippen LogP contribution in [0.25, 0.3) is 0 Å². The minimum absolute atomic E-state index is 0.0457. The third-order valence-electron chi connectivity index (χ3n) is 4.02. The van der Waals surface area contributed by atoms with Gasteiger partial charge >= 0.3 is 0 Å². The summed E-state index contributed by atoms with van der Waals surface area (Å²) >= 11 is 0. The Labute approximate surface area is 142 Å². The molecule has 0 atom stereocenters. The fraction of sp³-hybridized carbons (Fsp3) is 0.200. The van der Waals surface area contributed by atoms with Crippen molar-refractivity contribution < 1.29 is 4.79 Å². The minimum Gasteiger partial charge on any atom is -0.352 e. The number of carbonyl (C=O) groups is 1. The average molecular weight is 319 g/mol. The maximum absolute atomic E-state index is 12.2. The van der Waals surface area contributed by atoms with Crippen LogP contribution in [0.2, 0.25) is 0 Å². The van der Waals surface area contributed by atoms with Crippen LogP contribution in [0.4, 0.5) is 0 Å². The van der Waals surface area contributed by atoms with E-state index in [1.165, 1.54) is 5.56 Å². The van der Waals surface area contributed by atoms with Crippen molar-refractivity contribution in [1.82, 2.24) is 14.9 Å². The van der Waals surface area contributed by atoms with Crippen molar-refractivity contribution in [3.8, 4) is 0 Å². The number of aryl methyl sites for hydroxylation is 1. The molecule has 1 heterocycles. The highest BCUT2D eigenvalue weighted by Gasteiger charge is 2.05. The first-order chi connectivity index (χ1) is 11.7. The van der Waals surface area contributed by atoms with Crippen LogP contribution in [0.3, 0.4) is 0 Å². The second-order valence-electron chi connectivity index (χ2n) is 5.93. The Kier molecular flexibility index (Phi) is 5.06. The molecule has 0 fully saturated rings. The van der Waals surface area contributed by atoms with Gasteiger partial charge in [-0.2, -0.15) is 0 Å². The Morgan fingerprint density at radius 2 is 1.96 bits per heavy atom. The van der Waals surface area contributed by atoms with E-state index in [1.54, 1.807) is 12.5 Å². The summed E-state index contributed by atoms with van der Waals surface area (Å²) in [5.41, 5.74) is 4.52. The maximum atomic E-state index is 12.2. The Morgan fingerprint density at radius 1 is 1.12 bits per heavy atom. The first-order valence-corrected chi connectivity index (χ1v) is 8.05. The monoisotopic (exact) mass is 319 g/mol. The van der Waals surface area contributed by atoms with Gasteiger partial charge in [-0.25, -0.2) is 4.98 Å². The van der Waals surface area contributed by atoms with Crippen LogP contribution in [0.15, 0.2) is 67.3 Å². The van der Waals surface area contributed by atoms with Crippen molar-refractivity contribution in [3.63, 3.8) is 0 Å². The molecule has 24 heavy (non-hydrogen) atoms. The SMILES string of the molecule is Cc1ccccc1CC(=O)NCc1cccc(Cn2ccnc2)c1. The van der Waals surface area contributed by atoms with Crippen LogP contribution in [-0.4, -0.2) is 15.5 Å². The van der Waals surface area contributed by atoms with Gasteiger partial charge in [0.2, 0.25) is 5.91 Å². The lowest BCUT2D eigenvalue weighted by atomic mass is 10.1. The Morgan fingerprint density at radius 3 is 2.75 bits per heavy atom. The second kappa shape index (κ2) is 7.59. The molecule has 0 aliphatic rings. The molecule has 4 heteroatoms. The number of aromatic nitrogens is 2. The van der Waals surface area contributed by atoms with E-state index in [-0.39, 0.29) is 5.91 Å². The van der Waals surface area contributed by atoms with Gasteiger partial charge in [-0.3, -0.25) is 4.79 Å². The Hall–Kier alpha value is -2.88. The van der Waals surface area contributed by atoms with E-state index in [0.717, 1.165) is 23.2 Å². The summed E-state index contributed by atoms with van der Waals surface area (Å²) in [4.78, 5) is 16.2. The zero-order valence-corrected chi connectivity index (χ0v) is 13.8. The molecule has 2 aromatic carbocycles. The van der Waals surface area contributed by atoms with Gasteiger partial charge in [0, 0.05) is 25.5 Å². The fourth-order valence-corrected chi connectivity index (χ4v) is 2.67. The van der Waals surface area contributed by atoms with Gasteiger partial charge < -0.3 is 9.88 Å². The second-order valence-corrected chi connectivity index (χ2v) is 5.93. The molecule has 0 saturated heterocycles. The van der Waals surface area contributed by atoms with Crippen LogP contribution in [0.5, 0.6) is 0 Å². The Balaban J connectivity index is 1.56. The highest BCUT2D eigenvalue weighted by Crippen LogP contribution is 2.09. The van der Waals surface area contributed by atoms with Crippen LogP contribution < -0.4 is 5.32 Å². The quantitative estimate of drug-likeness (QED) is 0.759. The highest BCUT2D eigenvalue weighted by atomic mass is 16.1. The third-order valence-corrected chi connectivity index (χ3v) is 4.02. The molecule has 0 aliphatic carbocycles. The zero-order valence-electron chi connectivity index (χ0n) is 13.8. The molecular weight excluding hydrogens is 298 g/mol. The van der Waals surface area contributed by atoms with Crippen molar-refractivity contribution >= 4 is 5.91 Å². The zero-order chi connectivity index (χ0) is 16.8. The van der Waals surface area contributed by atoms with Crippen molar-refractivity contribution in [1.29, 1.82) is 0 Å². The van der Waals surface area contributed by atoms with E-state index in [0.29, 0.717) is 13.0 Å². The normalized spacial score (nSPS) is 10.5. The van der Waals surface area contributed by atoms with E-state index < -0.39 is 0 Å². The number of rotatable bonds is 6. The number of amides is 1. The summed E-state index contributed by atoms with van der Waals surface area (Å²) < 4.78 is 2.02. The number of hydrogen-bond acceptors (Lipinski definition) is 2. The average Bonchev–Trinajstić information content (AvgIpc) is 3.08. The van der Waals surface area contributed by atoms with Crippen LogP contribution in [0, 0.1) is 6.92 Å². The summed E-state index contributed by atoms with van der Waals surface area (Å²) in [6.07, 6.45) is 5.93. The largest absolute Gasteiger partial charge is 0.352 e. The van der Waals surface area contributed by atoms with E-state index in [9.17, 15) is 4.79 Å². The first kappa shape index (κ1) is 16.0. The van der Waals surface area contributed by atoms with Crippen LogP contribution >= 0.6 is 0 Å². The van der Waals surface area contributed by atoms with Gasteiger partial charge in [0.15, 0.2) is 0 Å². The number of carbonyl (C=O) groups excluding carboxylic acids is 1. The van der Waals surface area contributed by atoms with Crippen molar-refractivity contribution in [2.24, 2.45) is 0 Å². The maximum Gasteiger partial charge on any atom is 0.224 e. The highest BCUT2D eigenvalue weighted by molar-refractivity contribution is 5.78. The topological polar surface area (TPSA) is 46.9 Å². The van der Waals surface area contributed by atoms with Gasteiger partial charge in [0.1, 0.15) is 0 Å². The number of benzene rings is 2. The molecule has 3 aromatic rings. The molecule has 0 bridgehead atoms. The van der Waals surface area contributed by atoms with E-state index in [1.807, 2.05) is 54.1 Å². The summed E-state index contributed by atoms with van der Waals surface area (Å²) in [5.74, 6) is 0.0457. The van der Waals surface area contributed by atoms with Gasteiger partial charge in [-0.05, 0) is 29.2 Å². The molecule has 1 aromatic heterocycles. The molecule has 1 amide bonds. The van der Waals surface area contributed by atoms with Crippen molar-refractivity contribution in [3.05, 3.63) is 89.5 Å². The van der Waals surface area contributed by atoms with Gasteiger partial charge in [-0.15, -0.1) is 0 Å². The summed E-state index contributed by atoms with van der Waals surface area (Å²) in [5, 5.41) is 3.00. The molecule has 0 radical (unpaired) electrons. The number of nitrogens with zero attached hydrogens (tertiary/aromatic N) is 2. The number of hydrogen-bond donors (Lipinski definition) is 1. The molecule has 1 N–H and O–H groups in total. The van der Waals surface area contributed by atoms with Gasteiger partial charge in [0.25, 0.3) is 0 Å². The van der Waals surface area contributed by atoms with Crippen molar-refractivity contribution in [2.75, 3.05) is 0 Å². The first-order valence-electron chi connectivity index (χ1n) is 8.05. The van der Waals surface area contributed by atoms with E-state index in [2.05, 4.69) is 22.4 Å². The molecule has 0 unspecified atom stereocenters. The lowest BCUT2D eigenvalue weighted by molar-refractivity contribution is -0.120. The fourth-order valence-electron chi connectivity index (χ4n) is 2.67.